The number of aliphatic carboxylic acids is 2. The molecule has 33 heavy (non-hydrogen) atoms. The van der Waals surface area contributed by atoms with Crippen LogP contribution in [0.15, 0.2) is 0 Å². The Morgan fingerprint density at radius 1 is 1.09 bits per heavy atom. The molecule has 4 amide bonds. The summed E-state index contributed by atoms with van der Waals surface area (Å²) < 4.78 is 0. The molecule has 0 saturated carbocycles. The molecule has 0 aromatic rings. The molecule has 5 atom stereocenters. The summed E-state index contributed by atoms with van der Waals surface area (Å²) in [4.78, 5) is 73.1. The molecule has 13 nitrogen and oxygen atoms in total. The molecule has 1 fully saturated rings. The second kappa shape index (κ2) is 12.7. The van der Waals surface area contributed by atoms with Crippen molar-refractivity contribution in [1.29, 1.82) is 0 Å². The Morgan fingerprint density at radius 3 is 2.24 bits per heavy atom. The molecule has 1 saturated heterocycles. The lowest BCUT2D eigenvalue weighted by atomic mass is 9.96. The number of hydrogen-bond acceptors (Lipinski definition) is 7. The van der Waals surface area contributed by atoms with Crippen LogP contribution in [0.3, 0.4) is 0 Å². The van der Waals surface area contributed by atoms with Gasteiger partial charge in [-0.25, -0.2) is 4.79 Å². The number of carbonyl (C=O) groups excluding carboxylic acids is 4. The highest BCUT2D eigenvalue weighted by atomic mass is 16.4. The fourth-order valence-corrected chi connectivity index (χ4v) is 3.50. The van der Waals surface area contributed by atoms with Crippen LogP contribution in [0.4, 0.5) is 0 Å². The van der Waals surface area contributed by atoms with Crippen LogP contribution in [0.5, 0.6) is 0 Å². The van der Waals surface area contributed by atoms with Crippen LogP contribution in [0, 0.1) is 5.92 Å². The topological polar surface area (TPSA) is 222 Å². The lowest BCUT2D eigenvalue weighted by Crippen LogP contribution is -2.59. The van der Waals surface area contributed by atoms with E-state index in [1.54, 1.807) is 13.8 Å². The number of rotatable bonds is 13. The van der Waals surface area contributed by atoms with Gasteiger partial charge in [-0.3, -0.25) is 24.0 Å². The van der Waals surface area contributed by atoms with Gasteiger partial charge in [0.2, 0.25) is 23.6 Å². The summed E-state index contributed by atoms with van der Waals surface area (Å²) in [7, 11) is 0. The molecule has 0 bridgehead atoms. The van der Waals surface area contributed by atoms with E-state index in [0.29, 0.717) is 19.3 Å². The predicted molar refractivity (Wildman–Crippen MR) is 114 cm³/mol. The van der Waals surface area contributed by atoms with E-state index in [1.807, 2.05) is 0 Å². The number of primary amides is 1. The summed E-state index contributed by atoms with van der Waals surface area (Å²) >= 11 is 0. The second-order valence-corrected chi connectivity index (χ2v) is 8.17. The van der Waals surface area contributed by atoms with Gasteiger partial charge in [0.05, 0.1) is 12.5 Å². The lowest BCUT2D eigenvalue weighted by molar-refractivity contribution is -0.150. The molecule has 8 N–H and O–H groups in total. The first-order valence-electron chi connectivity index (χ1n) is 10.8. The average molecular weight is 472 g/mol. The highest BCUT2D eigenvalue weighted by Gasteiger charge is 2.40. The van der Waals surface area contributed by atoms with Gasteiger partial charge in [-0.05, 0) is 25.2 Å². The summed E-state index contributed by atoms with van der Waals surface area (Å²) in [6.07, 6.45) is 0.161. The molecule has 1 aliphatic heterocycles. The number of amides is 4. The zero-order valence-electron chi connectivity index (χ0n) is 18.8. The van der Waals surface area contributed by atoms with Gasteiger partial charge in [0.1, 0.15) is 18.1 Å². The minimum absolute atomic E-state index is 0.189. The van der Waals surface area contributed by atoms with Crippen LogP contribution < -0.4 is 22.1 Å². The zero-order valence-corrected chi connectivity index (χ0v) is 18.8. The summed E-state index contributed by atoms with van der Waals surface area (Å²) in [6, 6.07) is -4.76. The van der Waals surface area contributed by atoms with E-state index in [9.17, 15) is 33.9 Å². The largest absolute Gasteiger partial charge is 0.481 e. The fraction of sp³-hybridized carbons (Fsp3) is 0.700. The van der Waals surface area contributed by atoms with Crippen LogP contribution in [0.1, 0.15) is 52.4 Å². The van der Waals surface area contributed by atoms with Crippen molar-refractivity contribution in [3.05, 3.63) is 0 Å². The summed E-state index contributed by atoms with van der Waals surface area (Å²) in [5.41, 5.74) is 10.8. The van der Waals surface area contributed by atoms with Crippen molar-refractivity contribution in [3.63, 3.8) is 0 Å². The minimum atomic E-state index is -1.45. The number of carboxylic acids is 2. The molecule has 0 aliphatic carbocycles. The zero-order chi connectivity index (χ0) is 25.3. The summed E-state index contributed by atoms with van der Waals surface area (Å²) in [5.74, 6) is -5.84. The van der Waals surface area contributed by atoms with E-state index >= 15 is 0 Å². The molecule has 5 unspecified atom stereocenters. The van der Waals surface area contributed by atoms with E-state index in [1.165, 1.54) is 4.90 Å². The fourth-order valence-electron chi connectivity index (χ4n) is 3.50. The molecule has 13 heteroatoms. The van der Waals surface area contributed by atoms with E-state index in [4.69, 9.17) is 16.6 Å². The highest BCUT2D eigenvalue weighted by Crippen LogP contribution is 2.21. The lowest BCUT2D eigenvalue weighted by Gasteiger charge is -2.31. The Balaban J connectivity index is 3.00. The number of nitrogens with two attached hydrogens (primary N) is 2. The van der Waals surface area contributed by atoms with Gasteiger partial charge in [0, 0.05) is 13.0 Å². The number of nitrogens with one attached hydrogen (secondary N) is 2. The smallest absolute Gasteiger partial charge is 0.326 e. The predicted octanol–water partition coefficient (Wildman–Crippen LogP) is -1.85. The first kappa shape index (κ1) is 27.8. The molecule has 1 rings (SSSR count). The van der Waals surface area contributed by atoms with Crippen LogP contribution in [-0.2, 0) is 28.8 Å². The van der Waals surface area contributed by atoms with Crippen molar-refractivity contribution >= 4 is 35.6 Å². The van der Waals surface area contributed by atoms with E-state index in [0.717, 1.165) is 0 Å². The summed E-state index contributed by atoms with van der Waals surface area (Å²) in [6.45, 7) is 3.73. The second-order valence-electron chi connectivity index (χ2n) is 8.17. The maximum atomic E-state index is 13.1. The maximum absolute atomic E-state index is 13.1. The third-order valence-electron chi connectivity index (χ3n) is 5.64. The van der Waals surface area contributed by atoms with Crippen LogP contribution in [0.2, 0.25) is 0 Å². The van der Waals surface area contributed by atoms with Gasteiger partial charge >= 0.3 is 11.9 Å². The monoisotopic (exact) mass is 471 g/mol. The molecule has 0 radical (unpaired) electrons. The van der Waals surface area contributed by atoms with Crippen LogP contribution in [-0.4, -0.2) is 81.4 Å². The van der Waals surface area contributed by atoms with E-state index in [2.05, 4.69) is 10.6 Å². The third-order valence-corrected chi connectivity index (χ3v) is 5.64. The Labute approximate surface area is 191 Å². The molecule has 0 spiro atoms. The van der Waals surface area contributed by atoms with Crippen LogP contribution in [0.25, 0.3) is 0 Å². The number of nitrogens with zero attached hydrogens (tertiary/aromatic N) is 1. The van der Waals surface area contributed by atoms with Crippen LogP contribution >= 0.6 is 0 Å². The number of carbonyl (C=O) groups is 6. The van der Waals surface area contributed by atoms with Crippen molar-refractivity contribution in [3.8, 4) is 0 Å². The van der Waals surface area contributed by atoms with Gasteiger partial charge in [0.25, 0.3) is 0 Å². The SMILES string of the molecule is CCC(C)C(NC(=O)C(CC(N)=O)NC(=O)C(N)CCC(=O)O)C(=O)N1CCCC1C(=O)O. The Morgan fingerprint density at radius 2 is 1.73 bits per heavy atom. The van der Waals surface area contributed by atoms with Gasteiger partial charge < -0.3 is 37.2 Å². The molecule has 1 heterocycles. The molecule has 186 valence electrons. The normalized spacial score (nSPS) is 19.1. The van der Waals surface area contributed by atoms with Crippen molar-refractivity contribution in [2.75, 3.05) is 6.54 Å². The van der Waals surface area contributed by atoms with E-state index < -0.39 is 66.2 Å². The third kappa shape index (κ3) is 8.33. The molecule has 0 aromatic carbocycles. The number of hydrogen-bond donors (Lipinski definition) is 6. The quantitative estimate of drug-likeness (QED) is 0.177. The van der Waals surface area contributed by atoms with Crippen molar-refractivity contribution < 1.29 is 39.0 Å². The number of likely N-dealkylation sites (tertiary alicyclic amines) is 1. The van der Waals surface area contributed by atoms with Crippen molar-refractivity contribution in [1.82, 2.24) is 15.5 Å². The summed E-state index contributed by atoms with van der Waals surface area (Å²) in [5, 5.41) is 22.9. The molecule has 1 aliphatic rings. The van der Waals surface area contributed by atoms with Gasteiger partial charge in [-0.1, -0.05) is 20.3 Å². The average Bonchev–Trinajstić information content (AvgIpc) is 3.24. The van der Waals surface area contributed by atoms with Gasteiger partial charge in [-0.2, -0.15) is 0 Å². The van der Waals surface area contributed by atoms with Gasteiger partial charge in [0.15, 0.2) is 0 Å². The minimum Gasteiger partial charge on any atom is -0.481 e. The first-order valence-corrected chi connectivity index (χ1v) is 10.8. The Hall–Kier alpha value is -3.22. The highest BCUT2D eigenvalue weighted by molar-refractivity contribution is 5.96. The molecular formula is C20H33N5O8. The first-order chi connectivity index (χ1) is 15.4. The molecule has 0 aromatic heterocycles. The van der Waals surface area contributed by atoms with Crippen molar-refractivity contribution in [2.45, 2.75) is 76.5 Å². The van der Waals surface area contributed by atoms with Gasteiger partial charge in [-0.15, -0.1) is 0 Å². The Bertz CT molecular complexity index is 774. The molecular weight excluding hydrogens is 438 g/mol. The Kier molecular flexibility index (Phi) is 10.7. The standard InChI is InChI=1S/C20H33N5O8/c1-3-10(2)16(19(31)25-8-4-5-13(25)20(32)33)24-18(30)12(9-14(22)26)23-17(29)11(21)6-7-15(27)28/h10-13,16H,3-9,21H2,1-2H3,(H2,22,26)(H,23,29)(H,24,30)(H,27,28)(H,32,33). The number of carboxylic acid groups (broad SMARTS) is 2. The van der Waals surface area contributed by atoms with Crippen molar-refractivity contribution in [2.24, 2.45) is 17.4 Å². The maximum Gasteiger partial charge on any atom is 0.326 e. The van der Waals surface area contributed by atoms with E-state index in [-0.39, 0.29) is 25.3 Å².